The van der Waals surface area contributed by atoms with Crippen molar-refractivity contribution in [1.29, 1.82) is 0 Å². The van der Waals surface area contributed by atoms with Gasteiger partial charge in [-0.15, -0.1) is 0 Å². The van der Waals surface area contributed by atoms with Gasteiger partial charge in [-0.25, -0.2) is 0 Å². The van der Waals surface area contributed by atoms with Gasteiger partial charge in [-0.2, -0.15) is 13.2 Å². The summed E-state index contributed by atoms with van der Waals surface area (Å²) in [5.74, 6) is -0.0128. The van der Waals surface area contributed by atoms with Crippen LogP contribution in [-0.4, -0.2) is 81.0 Å². The lowest BCUT2D eigenvalue weighted by Gasteiger charge is -2.45. The Morgan fingerprint density at radius 2 is 1.96 bits per heavy atom. The third-order valence-corrected chi connectivity index (χ3v) is 4.76. The van der Waals surface area contributed by atoms with E-state index in [-0.39, 0.29) is 18.5 Å². The van der Waals surface area contributed by atoms with Gasteiger partial charge in [0.05, 0.1) is 18.6 Å². The van der Waals surface area contributed by atoms with E-state index in [9.17, 15) is 18.0 Å². The lowest BCUT2D eigenvalue weighted by Crippen LogP contribution is -2.59. The minimum atomic E-state index is -4.21. The Kier molecular flexibility index (Phi) is 5.91. The maximum atomic E-state index is 13.0. The van der Waals surface area contributed by atoms with Crippen LogP contribution in [0.3, 0.4) is 0 Å². The van der Waals surface area contributed by atoms with E-state index in [1.165, 1.54) is 4.90 Å². The molecule has 0 aromatic heterocycles. The molecule has 2 fully saturated rings. The van der Waals surface area contributed by atoms with E-state index in [1.54, 1.807) is 18.9 Å². The standard InChI is InChI=1S/C15H25F3N2O3/c1-12-9-19(5-6-20(12)10-15(16,17)18)13(21)14(11-22-2)3-7-23-8-4-14/h12H,3-11H2,1-2H3. The predicted molar refractivity (Wildman–Crippen MR) is 78.0 cm³/mol. The Labute approximate surface area is 134 Å². The second kappa shape index (κ2) is 7.36. The molecule has 2 aliphatic heterocycles. The Bertz CT molecular complexity index is 406. The molecule has 134 valence electrons. The number of methoxy groups -OCH3 is 1. The van der Waals surface area contributed by atoms with E-state index in [2.05, 4.69) is 0 Å². The highest BCUT2D eigenvalue weighted by Gasteiger charge is 2.44. The highest BCUT2D eigenvalue weighted by Crippen LogP contribution is 2.34. The topological polar surface area (TPSA) is 42.0 Å². The SMILES string of the molecule is COCC1(C(=O)N2CCN(CC(F)(F)F)C(C)C2)CCOCC1. The molecule has 0 bridgehead atoms. The van der Waals surface area contributed by atoms with E-state index in [0.29, 0.717) is 45.8 Å². The lowest BCUT2D eigenvalue weighted by molar-refractivity contribution is -0.165. The van der Waals surface area contributed by atoms with Gasteiger partial charge in [-0.1, -0.05) is 0 Å². The van der Waals surface area contributed by atoms with E-state index in [0.717, 1.165) is 0 Å². The molecule has 2 heterocycles. The van der Waals surface area contributed by atoms with Crippen molar-refractivity contribution in [2.24, 2.45) is 5.41 Å². The molecule has 23 heavy (non-hydrogen) atoms. The minimum Gasteiger partial charge on any atom is -0.384 e. The normalized spacial score (nSPS) is 26.3. The van der Waals surface area contributed by atoms with Gasteiger partial charge in [0, 0.05) is 46.0 Å². The summed E-state index contributed by atoms with van der Waals surface area (Å²) in [6.07, 6.45) is -3.02. The third-order valence-electron chi connectivity index (χ3n) is 4.76. The first-order valence-electron chi connectivity index (χ1n) is 7.94. The average Bonchev–Trinajstić information content (AvgIpc) is 2.48. The monoisotopic (exact) mass is 338 g/mol. The summed E-state index contributed by atoms with van der Waals surface area (Å²) in [6.45, 7) is 3.05. The van der Waals surface area contributed by atoms with Crippen LogP contribution in [-0.2, 0) is 14.3 Å². The smallest absolute Gasteiger partial charge is 0.384 e. The summed E-state index contributed by atoms with van der Waals surface area (Å²) in [4.78, 5) is 16.0. The number of rotatable bonds is 4. The number of hydrogen-bond donors (Lipinski definition) is 0. The predicted octanol–water partition coefficient (Wildman–Crippen LogP) is 1.52. The van der Waals surface area contributed by atoms with E-state index in [4.69, 9.17) is 9.47 Å². The molecule has 0 N–H and O–H groups in total. The van der Waals surface area contributed by atoms with Crippen LogP contribution in [0.15, 0.2) is 0 Å². The third kappa shape index (κ3) is 4.58. The van der Waals surface area contributed by atoms with Crippen LogP contribution in [0.25, 0.3) is 0 Å². The Hall–Kier alpha value is -0.860. The number of nitrogens with zero attached hydrogens (tertiary/aromatic N) is 2. The van der Waals surface area contributed by atoms with Crippen LogP contribution in [0.4, 0.5) is 13.2 Å². The van der Waals surface area contributed by atoms with Gasteiger partial charge in [0.25, 0.3) is 0 Å². The molecule has 0 aromatic rings. The first-order valence-corrected chi connectivity index (χ1v) is 7.94. The number of halogens is 3. The molecular formula is C15H25F3N2O3. The van der Waals surface area contributed by atoms with Crippen molar-refractivity contribution >= 4 is 5.91 Å². The number of hydrogen-bond acceptors (Lipinski definition) is 4. The molecule has 1 amide bonds. The molecule has 1 atom stereocenters. The van der Waals surface area contributed by atoms with Gasteiger partial charge >= 0.3 is 6.18 Å². The maximum Gasteiger partial charge on any atom is 0.401 e. The quantitative estimate of drug-likeness (QED) is 0.780. The highest BCUT2D eigenvalue weighted by atomic mass is 19.4. The zero-order valence-electron chi connectivity index (χ0n) is 13.7. The molecule has 0 aliphatic carbocycles. The summed E-state index contributed by atoms with van der Waals surface area (Å²) in [6, 6.07) is -0.311. The first-order chi connectivity index (χ1) is 10.8. The van der Waals surface area contributed by atoms with Crippen molar-refractivity contribution in [3.63, 3.8) is 0 Å². The Morgan fingerprint density at radius 3 is 2.48 bits per heavy atom. The van der Waals surface area contributed by atoms with Gasteiger partial charge < -0.3 is 14.4 Å². The molecule has 8 heteroatoms. The fourth-order valence-electron chi connectivity index (χ4n) is 3.44. The lowest BCUT2D eigenvalue weighted by atomic mass is 9.79. The van der Waals surface area contributed by atoms with Crippen LogP contribution in [0.1, 0.15) is 19.8 Å². The fourth-order valence-corrected chi connectivity index (χ4v) is 3.44. The number of alkyl halides is 3. The average molecular weight is 338 g/mol. The number of ether oxygens (including phenoxy) is 2. The van der Waals surface area contributed by atoms with Crippen molar-refractivity contribution in [2.75, 3.05) is 53.1 Å². The zero-order valence-corrected chi connectivity index (χ0v) is 13.7. The van der Waals surface area contributed by atoms with Crippen LogP contribution in [0.5, 0.6) is 0 Å². The molecule has 5 nitrogen and oxygen atoms in total. The van der Waals surface area contributed by atoms with E-state index in [1.807, 2.05) is 0 Å². The molecular weight excluding hydrogens is 313 g/mol. The fraction of sp³-hybridized carbons (Fsp3) is 0.933. The van der Waals surface area contributed by atoms with Crippen molar-refractivity contribution < 1.29 is 27.4 Å². The molecule has 0 radical (unpaired) electrons. The number of amides is 1. The molecule has 1 unspecified atom stereocenters. The second-order valence-corrected chi connectivity index (χ2v) is 6.51. The van der Waals surface area contributed by atoms with Crippen molar-refractivity contribution in [1.82, 2.24) is 9.80 Å². The van der Waals surface area contributed by atoms with Gasteiger partial charge in [-0.3, -0.25) is 9.69 Å². The molecule has 0 saturated carbocycles. The van der Waals surface area contributed by atoms with E-state index >= 15 is 0 Å². The molecule has 2 aliphatic rings. The summed E-state index contributed by atoms with van der Waals surface area (Å²) in [5.41, 5.74) is -0.598. The van der Waals surface area contributed by atoms with E-state index < -0.39 is 18.1 Å². The Morgan fingerprint density at radius 1 is 1.30 bits per heavy atom. The number of carbonyl (C=O) groups is 1. The van der Waals surface area contributed by atoms with Gasteiger partial charge in [0.1, 0.15) is 0 Å². The summed E-state index contributed by atoms with van der Waals surface area (Å²) >= 11 is 0. The van der Waals surface area contributed by atoms with Crippen LogP contribution in [0.2, 0.25) is 0 Å². The van der Waals surface area contributed by atoms with Crippen LogP contribution >= 0.6 is 0 Å². The van der Waals surface area contributed by atoms with Crippen molar-refractivity contribution in [2.45, 2.75) is 32.0 Å². The number of carbonyl (C=O) groups excluding carboxylic acids is 1. The molecule has 2 saturated heterocycles. The van der Waals surface area contributed by atoms with Gasteiger partial charge in [-0.05, 0) is 19.8 Å². The molecule has 0 spiro atoms. The minimum absolute atomic E-state index is 0.0128. The second-order valence-electron chi connectivity index (χ2n) is 6.51. The molecule has 2 rings (SSSR count). The maximum absolute atomic E-state index is 13.0. The highest BCUT2D eigenvalue weighted by molar-refractivity contribution is 5.83. The summed E-state index contributed by atoms with van der Waals surface area (Å²) < 4.78 is 48.3. The first kappa shape index (κ1) is 18.5. The van der Waals surface area contributed by atoms with Crippen molar-refractivity contribution in [3.8, 4) is 0 Å². The van der Waals surface area contributed by atoms with Crippen molar-refractivity contribution in [3.05, 3.63) is 0 Å². The zero-order chi connectivity index (χ0) is 17.1. The van der Waals surface area contributed by atoms with Gasteiger partial charge in [0.15, 0.2) is 0 Å². The largest absolute Gasteiger partial charge is 0.401 e. The summed E-state index contributed by atoms with van der Waals surface area (Å²) in [7, 11) is 1.56. The number of piperazine rings is 1. The van der Waals surface area contributed by atoms with Crippen LogP contribution in [0, 0.1) is 5.41 Å². The molecule has 0 aromatic carbocycles. The Balaban J connectivity index is 2.00. The summed E-state index contributed by atoms with van der Waals surface area (Å²) in [5, 5.41) is 0. The van der Waals surface area contributed by atoms with Gasteiger partial charge in [0.2, 0.25) is 5.91 Å². The van der Waals surface area contributed by atoms with Crippen LogP contribution < -0.4 is 0 Å².